The third kappa shape index (κ3) is 5.60. The molecule has 2 heterocycles. The van der Waals surface area contributed by atoms with Crippen LogP contribution < -0.4 is 14.8 Å². The van der Waals surface area contributed by atoms with Gasteiger partial charge < -0.3 is 19.7 Å². The molecule has 3 rings (SSSR count). The number of hydrogen-bond donors (Lipinski definition) is 1. The van der Waals surface area contributed by atoms with Crippen molar-refractivity contribution in [3.8, 4) is 11.5 Å². The van der Waals surface area contributed by atoms with Crippen molar-refractivity contribution in [2.45, 2.75) is 38.8 Å². The summed E-state index contributed by atoms with van der Waals surface area (Å²) in [6, 6.07) is 4.95. The smallest absolute Gasteiger partial charge is 0.245 e. The van der Waals surface area contributed by atoms with Gasteiger partial charge in [0.2, 0.25) is 11.8 Å². The zero-order chi connectivity index (χ0) is 22.4. The van der Waals surface area contributed by atoms with Crippen LogP contribution in [0.4, 0.5) is 0 Å². The fourth-order valence-corrected chi connectivity index (χ4v) is 4.81. The van der Waals surface area contributed by atoms with Gasteiger partial charge in [-0.15, -0.1) is 11.3 Å². The molecule has 1 aromatic heterocycles. The Morgan fingerprint density at radius 1 is 1.32 bits per heavy atom. The Hall–Kier alpha value is -2.51. The fraction of sp³-hybridized carbons (Fsp3) is 0.391. The van der Waals surface area contributed by atoms with E-state index in [0.717, 1.165) is 12.8 Å². The highest BCUT2D eigenvalue weighted by Gasteiger charge is 2.28. The van der Waals surface area contributed by atoms with E-state index < -0.39 is 6.04 Å². The molecule has 1 atom stereocenters. The number of rotatable bonds is 8. The molecule has 1 aromatic carbocycles. The van der Waals surface area contributed by atoms with E-state index in [2.05, 4.69) is 16.8 Å². The number of methoxy groups -OCH3 is 2. The molecule has 0 bridgehead atoms. The van der Waals surface area contributed by atoms with E-state index in [1.165, 1.54) is 30.7 Å². The number of halogens is 1. The molecule has 1 aliphatic rings. The molecule has 166 valence electrons. The molecule has 0 spiro atoms. The highest BCUT2D eigenvalue weighted by atomic mass is 35.5. The molecule has 8 heteroatoms. The number of amides is 2. The van der Waals surface area contributed by atoms with Gasteiger partial charge >= 0.3 is 0 Å². The van der Waals surface area contributed by atoms with Gasteiger partial charge in [0.1, 0.15) is 6.04 Å². The summed E-state index contributed by atoms with van der Waals surface area (Å²) < 4.78 is 10.5. The third-order valence-electron chi connectivity index (χ3n) is 5.19. The second-order valence-corrected chi connectivity index (χ2v) is 8.71. The molecule has 0 radical (unpaired) electrons. The summed E-state index contributed by atoms with van der Waals surface area (Å²) in [6.07, 6.45) is 5.29. The third-order valence-corrected chi connectivity index (χ3v) is 6.50. The van der Waals surface area contributed by atoms with Gasteiger partial charge in [-0.2, -0.15) is 0 Å². The maximum Gasteiger partial charge on any atom is 0.245 e. The highest BCUT2D eigenvalue weighted by molar-refractivity contribution is 7.10. The average molecular weight is 463 g/mol. The highest BCUT2D eigenvalue weighted by Crippen LogP contribution is 2.36. The number of hydrogen-bond acceptors (Lipinski definition) is 5. The standard InChI is InChI=1S/C23H27ClN2O4S/c1-4-5-18(23(28)26-10-8-20-16(14-26)9-11-31-20)25-21(27)7-6-15-12-17(24)22(30-3)19(13-15)29-2/h6-7,9,11-13,18H,4-5,8,10,14H2,1-3H3,(H,25,27)/b7-6+. The monoisotopic (exact) mass is 462 g/mol. The summed E-state index contributed by atoms with van der Waals surface area (Å²) in [5.74, 6) is 0.558. The van der Waals surface area contributed by atoms with Crippen molar-refractivity contribution < 1.29 is 19.1 Å². The first kappa shape index (κ1) is 23.2. The molecule has 0 fully saturated rings. The largest absolute Gasteiger partial charge is 0.493 e. The molecule has 2 aromatic rings. The van der Waals surface area contributed by atoms with Crippen molar-refractivity contribution in [3.05, 3.63) is 50.7 Å². The normalized spacial score (nSPS) is 14.3. The number of carbonyl (C=O) groups excluding carboxylic acids is 2. The van der Waals surface area contributed by atoms with E-state index in [9.17, 15) is 9.59 Å². The Balaban J connectivity index is 1.67. The van der Waals surface area contributed by atoms with Crippen LogP contribution in [0, 0.1) is 0 Å². The van der Waals surface area contributed by atoms with Gasteiger partial charge in [-0.3, -0.25) is 9.59 Å². The van der Waals surface area contributed by atoms with Crippen LogP contribution >= 0.6 is 22.9 Å². The lowest BCUT2D eigenvalue weighted by Crippen LogP contribution is -2.49. The van der Waals surface area contributed by atoms with E-state index in [4.69, 9.17) is 21.1 Å². The van der Waals surface area contributed by atoms with Gasteiger partial charge in [-0.05, 0) is 53.6 Å². The predicted octanol–water partition coefficient (Wildman–Crippen LogP) is 4.30. The summed E-state index contributed by atoms with van der Waals surface area (Å²) in [6.45, 7) is 3.29. The summed E-state index contributed by atoms with van der Waals surface area (Å²) in [7, 11) is 3.04. The molecule has 0 aliphatic carbocycles. The number of nitrogens with zero attached hydrogens (tertiary/aromatic N) is 1. The van der Waals surface area contributed by atoms with Gasteiger partial charge in [0, 0.05) is 24.0 Å². The SMILES string of the molecule is CCCC(NC(=O)/C=C/c1cc(Cl)c(OC)c(OC)c1)C(=O)N1CCc2sccc2C1. The zero-order valence-corrected chi connectivity index (χ0v) is 19.5. The van der Waals surface area contributed by atoms with E-state index >= 15 is 0 Å². The Morgan fingerprint density at radius 2 is 2.13 bits per heavy atom. The van der Waals surface area contributed by atoms with E-state index in [-0.39, 0.29) is 11.8 Å². The zero-order valence-electron chi connectivity index (χ0n) is 17.9. The van der Waals surface area contributed by atoms with E-state index in [0.29, 0.717) is 41.6 Å². The maximum atomic E-state index is 13.1. The van der Waals surface area contributed by atoms with Gasteiger partial charge in [0.05, 0.1) is 19.2 Å². The van der Waals surface area contributed by atoms with Gasteiger partial charge in [0.15, 0.2) is 11.5 Å². The molecular formula is C23H27ClN2O4S. The van der Waals surface area contributed by atoms with Crippen LogP contribution in [0.1, 0.15) is 35.8 Å². The van der Waals surface area contributed by atoms with Crippen LogP contribution in [0.5, 0.6) is 11.5 Å². The quantitative estimate of drug-likeness (QED) is 0.594. The van der Waals surface area contributed by atoms with Crippen LogP contribution in [0.3, 0.4) is 0 Å². The molecule has 2 amide bonds. The molecule has 1 unspecified atom stereocenters. The van der Waals surface area contributed by atoms with Gasteiger partial charge in [-0.1, -0.05) is 24.9 Å². The molecule has 0 saturated heterocycles. The van der Waals surface area contributed by atoms with Crippen LogP contribution in [-0.2, 0) is 22.6 Å². The number of fused-ring (bicyclic) bond motifs is 1. The molecule has 6 nitrogen and oxygen atoms in total. The van der Waals surface area contributed by atoms with Crippen molar-refractivity contribution in [1.29, 1.82) is 0 Å². The predicted molar refractivity (Wildman–Crippen MR) is 124 cm³/mol. The number of carbonyl (C=O) groups is 2. The number of thiophene rings is 1. The van der Waals surface area contributed by atoms with Crippen LogP contribution in [0.25, 0.3) is 6.08 Å². The number of ether oxygens (including phenoxy) is 2. The number of benzene rings is 1. The number of nitrogens with one attached hydrogen (secondary N) is 1. The molecule has 1 aliphatic heterocycles. The van der Waals surface area contributed by atoms with Crippen LogP contribution in [0.15, 0.2) is 29.7 Å². The fourth-order valence-electron chi connectivity index (χ4n) is 3.63. The summed E-state index contributed by atoms with van der Waals surface area (Å²) >= 11 is 7.96. The Kier molecular flexibility index (Phi) is 7.98. The van der Waals surface area contributed by atoms with Crippen molar-refractivity contribution in [2.24, 2.45) is 0 Å². The average Bonchev–Trinajstić information content (AvgIpc) is 3.24. The van der Waals surface area contributed by atoms with Crippen molar-refractivity contribution in [1.82, 2.24) is 10.2 Å². The van der Waals surface area contributed by atoms with Crippen molar-refractivity contribution in [2.75, 3.05) is 20.8 Å². The maximum absolute atomic E-state index is 13.1. The van der Waals surface area contributed by atoms with Crippen LogP contribution in [0.2, 0.25) is 5.02 Å². The lowest BCUT2D eigenvalue weighted by molar-refractivity contribution is -0.136. The second-order valence-electron chi connectivity index (χ2n) is 7.30. The van der Waals surface area contributed by atoms with Crippen LogP contribution in [-0.4, -0.2) is 43.5 Å². The minimum Gasteiger partial charge on any atom is -0.493 e. The topological polar surface area (TPSA) is 67.9 Å². The van der Waals surface area contributed by atoms with E-state index in [1.807, 2.05) is 11.8 Å². The molecule has 0 saturated carbocycles. The van der Waals surface area contributed by atoms with Gasteiger partial charge in [-0.25, -0.2) is 0 Å². The van der Waals surface area contributed by atoms with Gasteiger partial charge in [0.25, 0.3) is 0 Å². The summed E-state index contributed by atoms with van der Waals surface area (Å²) in [5, 5.41) is 5.32. The Morgan fingerprint density at radius 3 is 2.84 bits per heavy atom. The first-order valence-electron chi connectivity index (χ1n) is 10.2. The molecular weight excluding hydrogens is 436 g/mol. The summed E-state index contributed by atoms with van der Waals surface area (Å²) in [5.41, 5.74) is 1.90. The Labute approximate surface area is 191 Å². The minimum absolute atomic E-state index is 0.0328. The first-order chi connectivity index (χ1) is 15.0. The minimum atomic E-state index is -0.545. The first-order valence-corrected chi connectivity index (χ1v) is 11.5. The lowest BCUT2D eigenvalue weighted by atomic mass is 10.1. The summed E-state index contributed by atoms with van der Waals surface area (Å²) in [4.78, 5) is 28.8. The second kappa shape index (κ2) is 10.7. The van der Waals surface area contributed by atoms with Crippen molar-refractivity contribution >= 4 is 40.8 Å². The Bertz CT molecular complexity index is 972. The lowest BCUT2D eigenvalue weighted by Gasteiger charge is -2.30. The molecule has 31 heavy (non-hydrogen) atoms. The van der Waals surface area contributed by atoms with E-state index in [1.54, 1.807) is 29.5 Å². The molecule has 1 N–H and O–H groups in total. The van der Waals surface area contributed by atoms with Crippen molar-refractivity contribution in [3.63, 3.8) is 0 Å².